The Morgan fingerprint density at radius 3 is 2.74 bits per heavy atom. The molecule has 1 aromatic heterocycles. The molecule has 1 heterocycles. The molecule has 0 aliphatic carbocycles. The van der Waals surface area contributed by atoms with Crippen LogP contribution in [0.15, 0.2) is 24.3 Å². The average molecular weight is 422 g/mol. The van der Waals surface area contributed by atoms with Crippen LogP contribution >= 0.6 is 23.8 Å². The first-order valence-electron chi connectivity index (χ1n) is 7.69. The van der Waals surface area contributed by atoms with E-state index in [4.69, 9.17) is 23.8 Å². The van der Waals surface area contributed by atoms with Crippen LogP contribution in [0, 0.1) is 17.0 Å². The summed E-state index contributed by atoms with van der Waals surface area (Å²) >= 11 is 10.8. The first-order chi connectivity index (χ1) is 12.6. The Morgan fingerprint density at radius 1 is 1.44 bits per heavy atom. The van der Waals surface area contributed by atoms with Gasteiger partial charge in [-0.2, -0.15) is 18.3 Å². The van der Waals surface area contributed by atoms with Gasteiger partial charge in [0, 0.05) is 30.9 Å². The Hall–Kier alpha value is -2.40. The van der Waals surface area contributed by atoms with Gasteiger partial charge in [-0.25, -0.2) is 0 Å². The molecule has 2 rings (SSSR count). The van der Waals surface area contributed by atoms with Crippen LogP contribution in [0.5, 0.6) is 0 Å². The monoisotopic (exact) mass is 421 g/mol. The van der Waals surface area contributed by atoms with Crippen LogP contribution in [0.3, 0.4) is 0 Å². The van der Waals surface area contributed by atoms with E-state index >= 15 is 0 Å². The molecule has 27 heavy (non-hydrogen) atoms. The number of hydrogen-bond acceptors (Lipinski definition) is 4. The third-order valence-corrected chi connectivity index (χ3v) is 4.25. The lowest BCUT2D eigenvalue weighted by Gasteiger charge is -2.11. The number of anilines is 1. The molecule has 0 spiro atoms. The zero-order valence-corrected chi connectivity index (χ0v) is 15.6. The number of nitrogens with one attached hydrogen (secondary N) is 2. The van der Waals surface area contributed by atoms with Crippen LogP contribution in [0.25, 0.3) is 0 Å². The summed E-state index contributed by atoms with van der Waals surface area (Å²) in [6, 6.07) is 5.83. The first-order valence-corrected chi connectivity index (χ1v) is 8.47. The van der Waals surface area contributed by atoms with Gasteiger partial charge >= 0.3 is 6.18 Å². The van der Waals surface area contributed by atoms with Gasteiger partial charge < -0.3 is 10.6 Å². The Labute approximate surface area is 162 Å². The standard InChI is InChI=1S/C15H15ClF3N5O2S/c1-9-12(16)13(15(17,18)19)22-23(9)7-3-6-20-14(27)21-10-4-2-5-11(8-10)24(25)26/h2,4-5,8H,3,6-7H2,1H3,(H2,20,21,27). The number of nitro benzene ring substituents is 1. The maximum absolute atomic E-state index is 12.8. The average Bonchev–Trinajstić information content (AvgIpc) is 2.87. The van der Waals surface area contributed by atoms with Crippen LogP contribution in [0.2, 0.25) is 5.02 Å². The number of hydrogen-bond donors (Lipinski definition) is 2. The van der Waals surface area contributed by atoms with E-state index in [-0.39, 0.29) is 23.0 Å². The van der Waals surface area contributed by atoms with Gasteiger partial charge in [-0.1, -0.05) is 17.7 Å². The van der Waals surface area contributed by atoms with E-state index in [0.717, 1.165) is 0 Å². The molecule has 0 fully saturated rings. The highest BCUT2D eigenvalue weighted by Gasteiger charge is 2.38. The minimum absolute atomic E-state index is 0.0747. The highest BCUT2D eigenvalue weighted by molar-refractivity contribution is 7.80. The molecule has 0 saturated heterocycles. The molecule has 2 N–H and O–H groups in total. The molecule has 12 heteroatoms. The molecule has 146 valence electrons. The predicted octanol–water partition coefficient (Wildman–Crippen LogP) is 4.15. The third kappa shape index (κ3) is 5.54. The Balaban J connectivity index is 1.84. The normalized spacial score (nSPS) is 11.3. The quantitative estimate of drug-likeness (QED) is 0.315. The van der Waals surface area contributed by atoms with Crippen molar-refractivity contribution < 1.29 is 18.1 Å². The number of nitrogens with zero attached hydrogens (tertiary/aromatic N) is 3. The van der Waals surface area contributed by atoms with Crippen molar-refractivity contribution in [2.24, 2.45) is 0 Å². The molecule has 2 aromatic rings. The van der Waals surface area contributed by atoms with Crippen LogP contribution in [-0.2, 0) is 12.7 Å². The molecule has 7 nitrogen and oxygen atoms in total. The summed E-state index contributed by atoms with van der Waals surface area (Å²) in [5.41, 5.74) is -0.487. The fraction of sp³-hybridized carbons (Fsp3) is 0.333. The van der Waals surface area contributed by atoms with Crippen LogP contribution < -0.4 is 10.6 Å². The number of benzene rings is 1. The summed E-state index contributed by atoms with van der Waals surface area (Å²) in [7, 11) is 0. The number of aryl methyl sites for hydroxylation is 1. The number of halogens is 4. The van der Waals surface area contributed by atoms with Gasteiger partial charge in [0.2, 0.25) is 0 Å². The van der Waals surface area contributed by atoms with Crippen molar-refractivity contribution in [2.45, 2.75) is 26.1 Å². The number of alkyl halides is 3. The van der Waals surface area contributed by atoms with Crippen molar-refractivity contribution >= 4 is 40.3 Å². The number of nitro groups is 1. The van der Waals surface area contributed by atoms with Crippen molar-refractivity contribution in [3.63, 3.8) is 0 Å². The smallest absolute Gasteiger partial charge is 0.362 e. The second-order valence-electron chi connectivity index (χ2n) is 5.51. The summed E-state index contributed by atoms with van der Waals surface area (Å²) in [6.45, 7) is 2.04. The summed E-state index contributed by atoms with van der Waals surface area (Å²) in [4.78, 5) is 10.2. The number of thiocarbonyl (C=S) groups is 1. The van der Waals surface area contributed by atoms with Gasteiger partial charge in [0.1, 0.15) is 0 Å². The summed E-state index contributed by atoms with van der Waals surface area (Å²) in [5.74, 6) is 0. The van der Waals surface area contributed by atoms with E-state index in [9.17, 15) is 23.3 Å². The second kappa shape index (κ2) is 8.53. The molecule has 0 unspecified atom stereocenters. The Morgan fingerprint density at radius 2 is 2.15 bits per heavy atom. The van der Waals surface area contributed by atoms with Gasteiger partial charge in [-0.15, -0.1) is 0 Å². The molecule has 0 radical (unpaired) electrons. The maximum atomic E-state index is 12.8. The van der Waals surface area contributed by atoms with Crippen molar-refractivity contribution in [2.75, 3.05) is 11.9 Å². The lowest BCUT2D eigenvalue weighted by molar-refractivity contribution is -0.384. The van der Waals surface area contributed by atoms with E-state index in [1.165, 1.54) is 29.8 Å². The molecular formula is C15H15ClF3N5O2S. The molecule has 0 aliphatic rings. The van der Waals surface area contributed by atoms with E-state index in [0.29, 0.717) is 18.7 Å². The van der Waals surface area contributed by atoms with Gasteiger partial charge in [-0.3, -0.25) is 14.8 Å². The fourth-order valence-corrected chi connectivity index (χ4v) is 2.69. The van der Waals surface area contributed by atoms with E-state index in [1.54, 1.807) is 6.07 Å². The number of non-ortho nitro benzene ring substituents is 1. The van der Waals surface area contributed by atoms with Crippen LogP contribution in [0.1, 0.15) is 17.8 Å². The number of rotatable bonds is 6. The van der Waals surface area contributed by atoms with E-state index < -0.39 is 21.8 Å². The van der Waals surface area contributed by atoms with Gasteiger partial charge in [-0.05, 0) is 31.6 Å². The van der Waals surface area contributed by atoms with Gasteiger partial charge in [0.05, 0.1) is 15.6 Å². The largest absolute Gasteiger partial charge is 0.436 e. The summed E-state index contributed by atoms with van der Waals surface area (Å²) < 4.78 is 39.5. The first kappa shape index (κ1) is 20.9. The third-order valence-electron chi connectivity index (χ3n) is 3.55. The van der Waals surface area contributed by atoms with Crippen LogP contribution in [-0.4, -0.2) is 26.4 Å². The SMILES string of the molecule is Cc1c(Cl)c(C(F)(F)F)nn1CCCNC(=S)Nc1cccc([N+](=O)[O-])c1. The second-order valence-corrected chi connectivity index (χ2v) is 6.30. The zero-order valence-electron chi connectivity index (χ0n) is 14.0. The Kier molecular flexibility index (Phi) is 6.60. The lowest BCUT2D eigenvalue weighted by Crippen LogP contribution is -2.29. The summed E-state index contributed by atoms with van der Waals surface area (Å²) in [5, 5.41) is 19.8. The van der Waals surface area contributed by atoms with E-state index in [1.807, 2.05) is 0 Å². The van der Waals surface area contributed by atoms with Gasteiger partial charge in [0.25, 0.3) is 5.69 Å². The highest BCUT2D eigenvalue weighted by atomic mass is 35.5. The topological polar surface area (TPSA) is 85.0 Å². The fourth-order valence-electron chi connectivity index (χ4n) is 2.23. The number of aromatic nitrogens is 2. The minimum atomic E-state index is -4.60. The Bertz CT molecular complexity index is 856. The maximum Gasteiger partial charge on any atom is 0.436 e. The van der Waals surface area contributed by atoms with Crippen molar-refractivity contribution in [3.8, 4) is 0 Å². The van der Waals surface area contributed by atoms with E-state index in [2.05, 4.69) is 15.7 Å². The highest BCUT2D eigenvalue weighted by Crippen LogP contribution is 2.35. The predicted molar refractivity (Wildman–Crippen MR) is 98.9 cm³/mol. The molecule has 0 bridgehead atoms. The van der Waals surface area contributed by atoms with Crippen molar-refractivity contribution in [1.29, 1.82) is 0 Å². The molecule has 0 aliphatic heterocycles. The zero-order chi connectivity index (χ0) is 20.2. The lowest BCUT2D eigenvalue weighted by atomic mass is 10.3. The molecule has 0 atom stereocenters. The molecule has 0 saturated carbocycles. The van der Waals surface area contributed by atoms with Gasteiger partial charge in [0.15, 0.2) is 10.8 Å². The van der Waals surface area contributed by atoms with Crippen molar-refractivity contribution in [3.05, 3.63) is 50.8 Å². The molecule has 0 amide bonds. The van der Waals surface area contributed by atoms with Crippen LogP contribution in [0.4, 0.5) is 24.5 Å². The molecular weight excluding hydrogens is 407 g/mol. The summed E-state index contributed by atoms with van der Waals surface area (Å²) in [6.07, 6.45) is -4.16. The van der Waals surface area contributed by atoms with Crippen molar-refractivity contribution in [1.82, 2.24) is 15.1 Å². The molecule has 1 aromatic carbocycles. The minimum Gasteiger partial charge on any atom is -0.362 e.